The molecule has 0 radical (unpaired) electrons. The second kappa shape index (κ2) is 23.0. The Morgan fingerprint density at radius 3 is 1.58 bits per heavy atom. The summed E-state index contributed by atoms with van der Waals surface area (Å²) >= 11 is 0. The summed E-state index contributed by atoms with van der Waals surface area (Å²) < 4.78 is 30.7. The third-order valence-corrected chi connectivity index (χ3v) is 8.01. The molecule has 0 unspecified atom stereocenters. The van der Waals surface area contributed by atoms with Gasteiger partial charge in [-0.2, -0.15) is 19.2 Å². The molecule has 290 valence electrons. The number of furan rings is 4. The van der Waals surface area contributed by atoms with Crippen LogP contribution in [0.25, 0.3) is 78.0 Å². The van der Waals surface area contributed by atoms with Crippen LogP contribution in [0.1, 0.15) is 12.6 Å². The van der Waals surface area contributed by atoms with Gasteiger partial charge in [0.2, 0.25) is 0 Å². The zero-order valence-corrected chi connectivity index (χ0v) is 35.6. The van der Waals surface area contributed by atoms with Crippen LogP contribution in [0.3, 0.4) is 0 Å². The molecule has 0 fully saturated rings. The van der Waals surface area contributed by atoms with Crippen molar-refractivity contribution in [3.05, 3.63) is 167 Å². The average molecular weight is 828 g/mol. The SMILES string of the molecule is O=C=O.O=C=O.O=c1ccc2cc3ccoc3cc2o1.O=c1ccc2ccc3occc3c2o1.[2HH].[CH-]=Cc1cc2ccoc2cc1O.[CH-]=Cc1ccc2occc2c1O.[Na+].[Na+]. The molecule has 6 heterocycles. The summed E-state index contributed by atoms with van der Waals surface area (Å²) in [6, 6.07) is 27.7. The minimum absolute atomic E-state index is 0. The first kappa shape index (κ1) is 47.7. The van der Waals surface area contributed by atoms with Crippen molar-refractivity contribution < 1.29 is 116 Å². The number of hydrogen-bond acceptors (Lipinski definition) is 14. The van der Waals surface area contributed by atoms with Crippen LogP contribution in [0, 0.1) is 13.2 Å². The molecule has 60 heavy (non-hydrogen) atoms. The Bertz CT molecular complexity index is 3180. The summed E-state index contributed by atoms with van der Waals surface area (Å²) in [6.07, 6.45) is 9.53. The van der Waals surface area contributed by atoms with Crippen molar-refractivity contribution in [3.8, 4) is 11.5 Å². The standard InChI is InChI=1S/2C11H6O3.2C10H7O2.2CO2.2Na.H2/c12-10-4-2-7-1-3-9-8(5-6-13-9)11(7)14-10;12-11-2-1-7-5-8-3-4-13-9(8)6-10(7)14-11;1-2-7-5-8-3-4-12-10(8)6-9(7)11;1-2-7-3-4-9-8(10(7)11)5-6-12-9;2*2-1-3;;;/h2*1-6H;2*1-6,11H;;;;;1H/q;;2*-1;;;2*+1;/i;;;;;;;;1+1. The Balaban J connectivity index is 0.000000265. The minimum atomic E-state index is -0.344. The fourth-order valence-corrected chi connectivity index (χ4v) is 5.43. The zero-order valence-electron chi connectivity index (χ0n) is 31.6. The average Bonchev–Trinajstić information content (AvgIpc) is 4.06. The van der Waals surface area contributed by atoms with Gasteiger partial charge in [0.25, 0.3) is 0 Å². The quantitative estimate of drug-likeness (QED) is 0.145. The van der Waals surface area contributed by atoms with Crippen LogP contribution in [0.4, 0.5) is 0 Å². The second-order valence-electron chi connectivity index (χ2n) is 11.4. The van der Waals surface area contributed by atoms with Gasteiger partial charge in [-0.05, 0) is 60.7 Å². The third-order valence-electron chi connectivity index (χ3n) is 8.01. The molecule has 16 heteroatoms. The Morgan fingerprint density at radius 2 is 0.950 bits per heavy atom. The molecule has 0 aliphatic rings. The number of carbonyl (C=O) groups excluding carboxylic acids is 4. The normalized spacial score (nSPS) is 9.60. The van der Waals surface area contributed by atoms with Gasteiger partial charge < -0.3 is 36.7 Å². The Kier molecular flexibility index (Phi) is 18.3. The van der Waals surface area contributed by atoms with E-state index in [0.717, 1.165) is 38.1 Å². The number of rotatable bonds is 2. The molecule has 2 N–H and O–H groups in total. The number of benzene rings is 4. The monoisotopic (exact) mass is 827 g/mol. The molecular weight excluding hydrogens is 798 g/mol. The minimum Gasteiger partial charge on any atom is -0.526 e. The molecule has 0 bridgehead atoms. The van der Waals surface area contributed by atoms with Gasteiger partial charge in [0.15, 0.2) is 0 Å². The van der Waals surface area contributed by atoms with Crippen LogP contribution in [0.2, 0.25) is 0 Å². The van der Waals surface area contributed by atoms with E-state index in [2.05, 4.69) is 0 Å². The molecule has 14 nitrogen and oxygen atoms in total. The zero-order chi connectivity index (χ0) is 41.6. The van der Waals surface area contributed by atoms with Gasteiger partial charge in [-0.15, -0.1) is 23.3 Å². The van der Waals surface area contributed by atoms with Crippen LogP contribution in [-0.2, 0) is 19.2 Å². The summed E-state index contributed by atoms with van der Waals surface area (Å²) in [7, 11) is 0. The van der Waals surface area contributed by atoms with E-state index in [9.17, 15) is 19.8 Å². The molecule has 4 aromatic carbocycles. The van der Waals surface area contributed by atoms with Crippen molar-refractivity contribution in [2.45, 2.75) is 0 Å². The van der Waals surface area contributed by atoms with Crippen molar-refractivity contribution in [2.75, 3.05) is 0 Å². The molecule has 0 amide bonds. The van der Waals surface area contributed by atoms with Crippen molar-refractivity contribution in [2.24, 2.45) is 0 Å². The van der Waals surface area contributed by atoms with Gasteiger partial charge in [0.05, 0.1) is 36.2 Å². The summed E-state index contributed by atoms with van der Waals surface area (Å²) in [5.74, 6) is 0.309. The summed E-state index contributed by atoms with van der Waals surface area (Å²) in [5.41, 5.74) is 4.47. The molecule has 6 aromatic heterocycles. The van der Waals surface area contributed by atoms with E-state index in [1.807, 2.05) is 30.3 Å². The van der Waals surface area contributed by atoms with Gasteiger partial charge in [-0.1, -0.05) is 0 Å². The molecular formula is C44H28Na2O14. The second-order valence-corrected chi connectivity index (χ2v) is 11.4. The van der Waals surface area contributed by atoms with Gasteiger partial charge >= 0.3 is 82.7 Å². The van der Waals surface area contributed by atoms with Gasteiger partial charge in [0.1, 0.15) is 33.5 Å². The van der Waals surface area contributed by atoms with Gasteiger partial charge in [-0.3, -0.25) is 13.2 Å². The van der Waals surface area contributed by atoms with E-state index in [1.165, 1.54) is 30.5 Å². The summed E-state index contributed by atoms with van der Waals surface area (Å²) in [4.78, 5) is 54.5. The largest absolute Gasteiger partial charge is 1.00 e. The fourth-order valence-electron chi connectivity index (χ4n) is 5.43. The Morgan fingerprint density at radius 1 is 0.483 bits per heavy atom. The molecule has 0 spiro atoms. The summed E-state index contributed by atoms with van der Waals surface area (Å²) in [6.45, 7) is 10.6. The molecule has 0 aliphatic heterocycles. The number of fused-ring (bicyclic) bond motifs is 7. The molecule has 10 aromatic rings. The number of phenols is 2. The van der Waals surface area contributed by atoms with Crippen molar-refractivity contribution >= 4 is 90.3 Å². The number of aromatic hydroxyl groups is 2. The topological polar surface area (TPSA) is 222 Å². The van der Waals surface area contributed by atoms with E-state index in [1.54, 1.807) is 73.4 Å². The van der Waals surface area contributed by atoms with Crippen molar-refractivity contribution in [1.82, 2.24) is 0 Å². The van der Waals surface area contributed by atoms with E-state index in [4.69, 9.17) is 58.8 Å². The predicted molar refractivity (Wildman–Crippen MR) is 210 cm³/mol. The van der Waals surface area contributed by atoms with Crippen LogP contribution < -0.4 is 70.4 Å². The maximum absolute atomic E-state index is 11.1. The molecule has 0 saturated carbocycles. The van der Waals surface area contributed by atoms with Gasteiger partial charge in [-0.25, -0.2) is 21.7 Å². The maximum atomic E-state index is 11.1. The summed E-state index contributed by atoms with van der Waals surface area (Å²) in [5, 5.41) is 24.2. The number of phenolic OH excluding ortho intramolecular Hbond substituents is 2. The molecule has 0 atom stereocenters. The van der Waals surface area contributed by atoms with E-state index >= 15 is 0 Å². The first-order valence-electron chi connectivity index (χ1n) is 16.4. The predicted octanol–water partition coefficient (Wildman–Crippen LogP) is 3.33. The first-order chi connectivity index (χ1) is 28.1. The third kappa shape index (κ3) is 11.7. The van der Waals surface area contributed by atoms with E-state index in [0.29, 0.717) is 38.8 Å². The van der Waals surface area contributed by atoms with E-state index < -0.39 is 0 Å². The van der Waals surface area contributed by atoms with Crippen LogP contribution in [0.5, 0.6) is 11.5 Å². The van der Waals surface area contributed by atoms with Crippen LogP contribution in [0.15, 0.2) is 158 Å². The maximum Gasteiger partial charge on any atom is 1.00 e. The van der Waals surface area contributed by atoms with Crippen LogP contribution in [-0.4, -0.2) is 22.5 Å². The Hall–Kier alpha value is -6.70. The number of hydrogen-bond donors (Lipinski definition) is 2. The van der Waals surface area contributed by atoms with Crippen molar-refractivity contribution in [1.29, 1.82) is 0 Å². The van der Waals surface area contributed by atoms with Gasteiger partial charge in [0, 0.05) is 58.4 Å². The molecule has 0 saturated heterocycles. The Labute approximate surface area is 382 Å². The van der Waals surface area contributed by atoms with Crippen LogP contribution >= 0.6 is 0 Å². The smallest absolute Gasteiger partial charge is 0.526 e. The fraction of sp³-hybridized carbons (Fsp3) is 0. The van der Waals surface area contributed by atoms with E-state index in [-0.39, 0.29) is 95.6 Å². The van der Waals surface area contributed by atoms with Crippen molar-refractivity contribution in [3.63, 3.8) is 0 Å². The first-order valence-corrected chi connectivity index (χ1v) is 16.4. The molecule has 0 aliphatic carbocycles. The molecule has 10 rings (SSSR count).